The van der Waals surface area contributed by atoms with Gasteiger partial charge in [-0.2, -0.15) is 0 Å². The van der Waals surface area contributed by atoms with E-state index in [1.54, 1.807) is 0 Å². The first-order valence-electron chi connectivity index (χ1n) is 5.68. The van der Waals surface area contributed by atoms with Gasteiger partial charge in [0, 0.05) is 26.2 Å². The lowest BCUT2D eigenvalue weighted by molar-refractivity contribution is -0.125. The van der Waals surface area contributed by atoms with Crippen LogP contribution in [0.5, 0.6) is 0 Å². The van der Waals surface area contributed by atoms with Crippen molar-refractivity contribution in [2.45, 2.75) is 31.2 Å². The molecule has 0 spiro atoms. The van der Waals surface area contributed by atoms with Gasteiger partial charge >= 0.3 is 0 Å². The summed E-state index contributed by atoms with van der Waals surface area (Å²) in [4.78, 5) is 12.0. The summed E-state index contributed by atoms with van der Waals surface area (Å²) in [5.74, 6) is 0.638. The Hall–Kier alpha value is -0.450. The van der Waals surface area contributed by atoms with Gasteiger partial charge in [0.05, 0.1) is 6.61 Å². The number of carbonyl (C=O) groups excluding carboxylic acids is 1. The van der Waals surface area contributed by atoms with E-state index in [1.807, 2.05) is 0 Å². The first-order chi connectivity index (χ1) is 7.21. The van der Waals surface area contributed by atoms with Crippen LogP contribution in [0, 0.1) is 5.92 Å². The van der Waals surface area contributed by atoms with Crippen molar-refractivity contribution in [3.8, 4) is 0 Å². The van der Waals surface area contributed by atoms with Crippen LogP contribution in [0.4, 0.5) is 0 Å². The molecule has 0 amide bonds. The number of hydrogen-bond donors (Lipinski definition) is 1. The second-order valence-electron chi connectivity index (χ2n) is 4.64. The molecule has 2 saturated heterocycles. The Labute approximate surface area is 90.1 Å². The molecule has 0 aromatic rings. The summed E-state index contributed by atoms with van der Waals surface area (Å²) in [6, 6.07) is 0. The van der Waals surface area contributed by atoms with Crippen molar-refractivity contribution < 1.29 is 14.3 Å². The second-order valence-corrected chi connectivity index (χ2v) is 4.64. The molecule has 0 aliphatic carbocycles. The van der Waals surface area contributed by atoms with Crippen molar-refractivity contribution in [3.63, 3.8) is 0 Å². The minimum Gasteiger partial charge on any atom is -0.381 e. The molecule has 0 aromatic carbocycles. The maximum Gasteiger partial charge on any atom is 0.155 e. The molecule has 1 atom stereocenters. The highest BCUT2D eigenvalue weighted by Gasteiger charge is 2.38. The van der Waals surface area contributed by atoms with Gasteiger partial charge in [0.2, 0.25) is 0 Å². The van der Waals surface area contributed by atoms with Crippen LogP contribution in [0.25, 0.3) is 0 Å². The van der Waals surface area contributed by atoms with Gasteiger partial charge in [-0.25, -0.2) is 0 Å². The van der Waals surface area contributed by atoms with Crippen LogP contribution < -0.4 is 5.73 Å². The Morgan fingerprint density at radius 1 is 1.27 bits per heavy atom. The summed E-state index contributed by atoms with van der Waals surface area (Å²) in [7, 11) is 0. The molecule has 0 saturated carbocycles. The zero-order valence-corrected chi connectivity index (χ0v) is 9.04. The van der Waals surface area contributed by atoms with Crippen LogP contribution in [-0.2, 0) is 14.3 Å². The molecule has 0 radical (unpaired) electrons. The third-order valence-corrected chi connectivity index (χ3v) is 3.42. The molecule has 2 aliphatic heterocycles. The Bertz CT molecular complexity index is 230. The van der Waals surface area contributed by atoms with Crippen LogP contribution in [0.3, 0.4) is 0 Å². The third kappa shape index (κ3) is 2.56. The number of hydrogen-bond acceptors (Lipinski definition) is 4. The molecular formula is C11H19NO3. The predicted octanol–water partition coefficient (Wildman–Crippen LogP) is 0.490. The van der Waals surface area contributed by atoms with Crippen molar-refractivity contribution in [1.29, 1.82) is 0 Å². The van der Waals surface area contributed by atoms with E-state index in [0.717, 1.165) is 26.1 Å². The van der Waals surface area contributed by atoms with Crippen molar-refractivity contribution in [2.24, 2.45) is 11.7 Å². The van der Waals surface area contributed by atoms with Gasteiger partial charge in [-0.3, -0.25) is 4.79 Å². The lowest BCUT2D eigenvalue weighted by Gasteiger charge is -2.26. The summed E-state index contributed by atoms with van der Waals surface area (Å²) < 4.78 is 10.5. The smallest absolute Gasteiger partial charge is 0.155 e. The van der Waals surface area contributed by atoms with E-state index in [2.05, 4.69) is 0 Å². The number of Topliss-reactive ketones (excluding diaryl/α,β-unsaturated/α-hetero) is 1. The van der Waals surface area contributed by atoms with Crippen LogP contribution in [0.1, 0.15) is 25.7 Å². The van der Waals surface area contributed by atoms with Crippen LogP contribution in [-0.4, -0.2) is 37.7 Å². The minimum atomic E-state index is -0.696. The van der Waals surface area contributed by atoms with Crippen molar-refractivity contribution in [2.75, 3.05) is 26.4 Å². The fraction of sp³-hybridized carbons (Fsp3) is 0.909. The van der Waals surface area contributed by atoms with E-state index in [-0.39, 0.29) is 5.78 Å². The van der Waals surface area contributed by atoms with Crippen molar-refractivity contribution in [3.05, 3.63) is 0 Å². The van der Waals surface area contributed by atoms with Crippen LogP contribution >= 0.6 is 0 Å². The van der Waals surface area contributed by atoms with Gasteiger partial charge in [-0.1, -0.05) is 0 Å². The average Bonchev–Trinajstić information content (AvgIpc) is 2.68. The summed E-state index contributed by atoms with van der Waals surface area (Å²) in [5, 5.41) is 0. The Morgan fingerprint density at radius 3 is 2.60 bits per heavy atom. The first-order valence-corrected chi connectivity index (χ1v) is 5.68. The van der Waals surface area contributed by atoms with E-state index in [9.17, 15) is 4.79 Å². The molecule has 15 heavy (non-hydrogen) atoms. The Morgan fingerprint density at radius 2 is 2.00 bits per heavy atom. The fourth-order valence-electron chi connectivity index (χ4n) is 2.22. The topological polar surface area (TPSA) is 61.6 Å². The predicted molar refractivity (Wildman–Crippen MR) is 55.5 cm³/mol. The molecule has 0 bridgehead atoms. The maximum absolute atomic E-state index is 12.0. The second kappa shape index (κ2) is 4.60. The van der Waals surface area contributed by atoms with E-state index in [0.29, 0.717) is 32.0 Å². The number of ether oxygens (including phenoxy) is 2. The molecule has 86 valence electrons. The summed E-state index contributed by atoms with van der Waals surface area (Å²) >= 11 is 0. The highest BCUT2D eigenvalue weighted by molar-refractivity contribution is 5.88. The number of rotatable bonds is 3. The number of carbonyl (C=O) groups is 1. The molecule has 2 fully saturated rings. The molecule has 2 rings (SSSR count). The fourth-order valence-corrected chi connectivity index (χ4v) is 2.22. The molecule has 4 nitrogen and oxygen atoms in total. The normalized spacial score (nSPS) is 33.1. The summed E-state index contributed by atoms with van der Waals surface area (Å²) in [6.07, 6.45) is 3.25. The minimum absolute atomic E-state index is 0.173. The number of ketones is 1. The SMILES string of the molecule is NC1(C(=O)CC2CCOCC2)CCOC1. The third-order valence-electron chi connectivity index (χ3n) is 3.42. The summed E-state index contributed by atoms with van der Waals surface area (Å²) in [6.45, 7) is 2.59. The van der Waals surface area contributed by atoms with Gasteiger partial charge in [-0.15, -0.1) is 0 Å². The molecule has 2 heterocycles. The number of nitrogens with two attached hydrogens (primary N) is 1. The zero-order chi connectivity index (χ0) is 10.7. The maximum atomic E-state index is 12.0. The Kier molecular flexibility index (Phi) is 3.38. The quantitative estimate of drug-likeness (QED) is 0.741. The van der Waals surface area contributed by atoms with Gasteiger partial charge in [0.25, 0.3) is 0 Å². The first kappa shape index (κ1) is 11.0. The molecule has 4 heteroatoms. The van der Waals surface area contributed by atoms with Crippen LogP contribution in [0.15, 0.2) is 0 Å². The molecule has 0 aromatic heterocycles. The summed E-state index contributed by atoms with van der Waals surface area (Å²) in [5.41, 5.74) is 5.32. The van der Waals surface area contributed by atoms with Crippen molar-refractivity contribution >= 4 is 5.78 Å². The zero-order valence-electron chi connectivity index (χ0n) is 9.04. The molecule has 2 aliphatic rings. The van der Waals surface area contributed by atoms with Gasteiger partial charge in [-0.05, 0) is 25.2 Å². The van der Waals surface area contributed by atoms with Gasteiger partial charge in [0.15, 0.2) is 5.78 Å². The van der Waals surface area contributed by atoms with E-state index in [4.69, 9.17) is 15.2 Å². The van der Waals surface area contributed by atoms with E-state index < -0.39 is 5.54 Å². The van der Waals surface area contributed by atoms with E-state index >= 15 is 0 Å². The molecule has 2 N–H and O–H groups in total. The standard InChI is InChI=1S/C11H19NO3/c12-11(3-6-15-8-11)10(13)7-9-1-4-14-5-2-9/h9H,1-8,12H2. The highest BCUT2D eigenvalue weighted by atomic mass is 16.5. The van der Waals surface area contributed by atoms with E-state index in [1.165, 1.54) is 0 Å². The van der Waals surface area contributed by atoms with Gasteiger partial charge < -0.3 is 15.2 Å². The lowest BCUT2D eigenvalue weighted by atomic mass is 9.85. The molecular weight excluding hydrogens is 194 g/mol. The monoisotopic (exact) mass is 213 g/mol. The lowest BCUT2D eigenvalue weighted by Crippen LogP contribution is -2.49. The van der Waals surface area contributed by atoms with Gasteiger partial charge in [0.1, 0.15) is 5.54 Å². The molecule has 1 unspecified atom stereocenters. The van der Waals surface area contributed by atoms with Crippen molar-refractivity contribution in [1.82, 2.24) is 0 Å². The van der Waals surface area contributed by atoms with Crippen LogP contribution in [0.2, 0.25) is 0 Å². The largest absolute Gasteiger partial charge is 0.381 e. The average molecular weight is 213 g/mol. The highest BCUT2D eigenvalue weighted by Crippen LogP contribution is 2.24. The Balaban J connectivity index is 1.85.